The largest absolute Gasteiger partial charge is 0.355 e. The topological polar surface area (TPSA) is 47.7 Å². The van der Waals surface area contributed by atoms with Crippen molar-refractivity contribution in [1.29, 1.82) is 0 Å². The molecule has 0 radical (unpaired) electrons. The predicted octanol–water partition coefficient (Wildman–Crippen LogP) is 2.24. The first-order valence-corrected chi connectivity index (χ1v) is 6.48. The smallest absolute Gasteiger partial charge is 0.202 e. The Morgan fingerprint density at radius 1 is 1.22 bits per heavy atom. The number of hydrogen-bond donors (Lipinski definition) is 1. The van der Waals surface area contributed by atoms with E-state index in [2.05, 4.69) is 33.8 Å². The van der Waals surface area contributed by atoms with Crippen molar-refractivity contribution in [2.75, 3.05) is 11.9 Å². The molecule has 98 valence electrons. The van der Waals surface area contributed by atoms with Gasteiger partial charge < -0.3 is 9.88 Å². The van der Waals surface area contributed by atoms with Crippen LogP contribution in [0.3, 0.4) is 0 Å². The normalized spacial score (nSPS) is 11.1. The molecule has 0 aliphatic heterocycles. The van der Waals surface area contributed by atoms with Crippen LogP contribution in [-0.4, -0.2) is 25.9 Å². The minimum atomic E-state index is 0.624. The number of anilines is 1. The fourth-order valence-electron chi connectivity index (χ4n) is 1.79. The molecule has 0 spiro atoms. The van der Waals surface area contributed by atoms with E-state index in [1.807, 2.05) is 35.5 Å². The fourth-order valence-corrected chi connectivity index (χ4v) is 1.79. The highest BCUT2D eigenvalue weighted by molar-refractivity contribution is 5.25. The van der Waals surface area contributed by atoms with E-state index in [9.17, 15) is 0 Å². The summed E-state index contributed by atoms with van der Waals surface area (Å²) in [4.78, 5) is 4.33. The highest BCUT2D eigenvalue weighted by Gasteiger charge is 2.02. The minimum Gasteiger partial charge on any atom is -0.355 e. The van der Waals surface area contributed by atoms with E-state index in [1.54, 1.807) is 0 Å². The molecule has 0 fully saturated rings. The summed E-state index contributed by atoms with van der Waals surface area (Å²) in [7, 11) is 0. The molecule has 0 atom stereocenters. The molecule has 0 unspecified atom stereocenters. The Kier molecular flexibility index (Phi) is 4.39. The van der Waals surface area contributed by atoms with Gasteiger partial charge in [-0.05, 0) is 18.4 Å². The summed E-state index contributed by atoms with van der Waals surface area (Å²) in [6.07, 6.45) is 8.72. The summed E-state index contributed by atoms with van der Waals surface area (Å²) < 4.78 is 4.12. The number of aromatic nitrogens is 4. The number of rotatable bonds is 7. The van der Waals surface area contributed by atoms with E-state index in [0.29, 0.717) is 5.92 Å². The zero-order valence-electron chi connectivity index (χ0n) is 11.1. The van der Waals surface area contributed by atoms with Crippen molar-refractivity contribution in [3.05, 3.63) is 30.9 Å². The summed E-state index contributed by atoms with van der Waals surface area (Å²) in [5.74, 6) is 1.59. The van der Waals surface area contributed by atoms with Crippen LogP contribution in [0, 0.1) is 5.92 Å². The lowest BCUT2D eigenvalue weighted by Gasteiger charge is -2.11. The number of imidazole rings is 1. The van der Waals surface area contributed by atoms with E-state index in [4.69, 9.17) is 0 Å². The third kappa shape index (κ3) is 3.61. The molecule has 0 saturated heterocycles. The summed E-state index contributed by atoms with van der Waals surface area (Å²) in [5.41, 5.74) is 0. The molecule has 2 aromatic rings. The van der Waals surface area contributed by atoms with Crippen molar-refractivity contribution in [2.45, 2.75) is 33.4 Å². The van der Waals surface area contributed by atoms with Crippen LogP contribution in [0.4, 0.5) is 5.95 Å². The highest BCUT2D eigenvalue weighted by Crippen LogP contribution is 2.07. The van der Waals surface area contributed by atoms with Gasteiger partial charge in [0.05, 0.1) is 0 Å². The quantitative estimate of drug-likeness (QED) is 0.816. The van der Waals surface area contributed by atoms with Crippen molar-refractivity contribution in [1.82, 2.24) is 19.3 Å². The number of nitrogens with zero attached hydrogens (tertiary/aromatic N) is 4. The van der Waals surface area contributed by atoms with Gasteiger partial charge in [0.25, 0.3) is 0 Å². The average Bonchev–Trinajstić information content (AvgIpc) is 2.97. The first kappa shape index (κ1) is 12.7. The SMILES string of the molecule is CC(C)CNc1nccn1CCCn1cccn1. The molecule has 0 aliphatic rings. The van der Waals surface area contributed by atoms with Crippen molar-refractivity contribution in [3.63, 3.8) is 0 Å². The van der Waals surface area contributed by atoms with Crippen molar-refractivity contribution in [3.8, 4) is 0 Å². The highest BCUT2D eigenvalue weighted by atomic mass is 15.3. The van der Waals surface area contributed by atoms with Gasteiger partial charge in [-0.2, -0.15) is 5.10 Å². The van der Waals surface area contributed by atoms with Crippen LogP contribution < -0.4 is 5.32 Å². The lowest BCUT2D eigenvalue weighted by molar-refractivity contribution is 0.527. The molecular formula is C13H21N5. The minimum absolute atomic E-state index is 0.624. The van der Waals surface area contributed by atoms with Gasteiger partial charge >= 0.3 is 0 Å². The molecule has 0 amide bonds. The van der Waals surface area contributed by atoms with Crippen LogP contribution in [0.25, 0.3) is 0 Å². The van der Waals surface area contributed by atoms with Crippen LogP contribution in [-0.2, 0) is 13.1 Å². The van der Waals surface area contributed by atoms with Crippen molar-refractivity contribution in [2.24, 2.45) is 5.92 Å². The molecule has 1 N–H and O–H groups in total. The molecule has 5 nitrogen and oxygen atoms in total. The lowest BCUT2D eigenvalue weighted by Crippen LogP contribution is -2.13. The molecule has 0 aromatic carbocycles. The van der Waals surface area contributed by atoms with E-state index in [1.165, 1.54) is 0 Å². The second-order valence-electron chi connectivity index (χ2n) is 4.84. The van der Waals surface area contributed by atoms with Gasteiger partial charge in [0.15, 0.2) is 0 Å². The van der Waals surface area contributed by atoms with Gasteiger partial charge in [-0.25, -0.2) is 4.98 Å². The van der Waals surface area contributed by atoms with Crippen LogP contribution in [0.5, 0.6) is 0 Å². The Labute approximate surface area is 108 Å². The molecule has 0 aliphatic carbocycles. The summed E-state index contributed by atoms with van der Waals surface area (Å²) in [6.45, 7) is 7.24. The summed E-state index contributed by atoms with van der Waals surface area (Å²) >= 11 is 0. The maximum atomic E-state index is 4.33. The fraction of sp³-hybridized carbons (Fsp3) is 0.538. The second-order valence-corrected chi connectivity index (χ2v) is 4.84. The number of aryl methyl sites for hydroxylation is 2. The zero-order chi connectivity index (χ0) is 12.8. The summed E-state index contributed by atoms with van der Waals surface area (Å²) in [5, 5.41) is 7.56. The second kappa shape index (κ2) is 6.23. The molecule has 2 rings (SSSR count). The van der Waals surface area contributed by atoms with Gasteiger partial charge in [0, 0.05) is 44.4 Å². The monoisotopic (exact) mass is 247 g/mol. The van der Waals surface area contributed by atoms with Crippen LogP contribution in [0.15, 0.2) is 30.9 Å². The first-order valence-electron chi connectivity index (χ1n) is 6.48. The standard InChI is InChI=1S/C13H21N5/c1-12(2)11-15-13-14-6-10-17(13)7-4-9-18-8-3-5-16-18/h3,5-6,8,10,12H,4,7,9,11H2,1-2H3,(H,14,15). The number of hydrogen-bond acceptors (Lipinski definition) is 3. The number of nitrogens with one attached hydrogen (secondary N) is 1. The maximum absolute atomic E-state index is 4.33. The van der Waals surface area contributed by atoms with E-state index >= 15 is 0 Å². The lowest BCUT2D eigenvalue weighted by atomic mass is 10.2. The predicted molar refractivity (Wildman–Crippen MR) is 72.4 cm³/mol. The Morgan fingerprint density at radius 2 is 2.11 bits per heavy atom. The van der Waals surface area contributed by atoms with Crippen molar-refractivity contribution >= 4 is 5.95 Å². The van der Waals surface area contributed by atoms with E-state index in [0.717, 1.165) is 32.0 Å². The van der Waals surface area contributed by atoms with Crippen LogP contribution >= 0.6 is 0 Å². The van der Waals surface area contributed by atoms with Crippen molar-refractivity contribution < 1.29 is 0 Å². The third-order valence-electron chi connectivity index (χ3n) is 2.73. The Bertz CT molecular complexity index is 444. The van der Waals surface area contributed by atoms with Crippen LogP contribution in [0.2, 0.25) is 0 Å². The van der Waals surface area contributed by atoms with Gasteiger partial charge in [0.2, 0.25) is 5.95 Å². The summed E-state index contributed by atoms with van der Waals surface area (Å²) in [6, 6.07) is 1.95. The average molecular weight is 247 g/mol. The zero-order valence-corrected chi connectivity index (χ0v) is 11.1. The molecule has 18 heavy (non-hydrogen) atoms. The Balaban J connectivity index is 1.80. The van der Waals surface area contributed by atoms with Gasteiger partial charge in [-0.3, -0.25) is 4.68 Å². The first-order chi connectivity index (χ1) is 8.75. The molecule has 0 saturated carbocycles. The van der Waals surface area contributed by atoms with Gasteiger partial charge in [-0.15, -0.1) is 0 Å². The molecule has 2 heterocycles. The molecule has 0 bridgehead atoms. The molecule has 5 heteroatoms. The maximum Gasteiger partial charge on any atom is 0.202 e. The van der Waals surface area contributed by atoms with Crippen LogP contribution in [0.1, 0.15) is 20.3 Å². The van der Waals surface area contributed by atoms with Gasteiger partial charge in [0.1, 0.15) is 0 Å². The Morgan fingerprint density at radius 3 is 2.83 bits per heavy atom. The Hall–Kier alpha value is -1.78. The van der Waals surface area contributed by atoms with E-state index < -0.39 is 0 Å². The molecular weight excluding hydrogens is 226 g/mol. The van der Waals surface area contributed by atoms with Gasteiger partial charge in [-0.1, -0.05) is 13.8 Å². The van der Waals surface area contributed by atoms with E-state index in [-0.39, 0.29) is 0 Å². The molecule has 2 aromatic heterocycles. The third-order valence-corrected chi connectivity index (χ3v) is 2.73.